The Kier molecular flexibility index (Phi) is 8.00. The van der Waals surface area contributed by atoms with Gasteiger partial charge >= 0.3 is 28.5 Å². The van der Waals surface area contributed by atoms with Crippen molar-refractivity contribution in [1.82, 2.24) is 0 Å². The first kappa shape index (κ1) is 38.8. The highest BCUT2D eigenvalue weighted by molar-refractivity contribution is 6.86. The molecule has 0 spiro atoms. The Labute approximate surface area is 333 Å². The summed E-state index contributed by atoms with van der Waals surface area (Å²) in [5, 5.41) is 8.65. The number of fused-ring (bicyclic) bond motifs is 2. The molecule has 0 N–H and O–H groups in total. The summed E-state index contributed by atoms with van der Waals surface area (Å²) in [6.45, 7) is 33.5. The van der Waals surface area contributed by atoms with Crippen molar-refractivity contribution in [1.29, 1.82) is 0 Å². The van der Waals surface area contributed by atoms with Gasteiger partial charge in [0.15, 0.2) is 0 Å². The number of hydrogen-bond donors (Lipinski definition) is 0. The first-order valence-corrected chi connectivity index (χ1v) is 20.3. The van der Waals surface area contributed by atoms with Gasteiger partial charge in [-0.25, -0.2) is 0 Å². The third-order valence-electron chi connectivity index (χ3n) is 15.0. The predicted molar refractivity (Wildman–Crippen MR) is 231 cm³/mol. The van der Waals surface area contributed by atoms with Gasteiger partial charge in [0.05, 0.1) is 44.8 Å². The second kappa shape index (κ2) is 11.5. The van der Waals surface area contributed by atoms with Crippen molar-refractivity contribution in [2.75, 3.05) is 0 Å². The second-order valence-electron chi connectivity index (χ2n) is 20.6. The Hall–Kier alpha value is -2.66. The zero-order valence-corrected chi connectivity index (χ0v) is 36.2. The van der Waals surface area contributed by atoms with Gasteiger partial charge in [-0.15, -0.1) is 0 Å². The van der Waals surface area contributed by atoms with Crippen LogP contribution in [-0.4, -0.2) is 73.3 Å². The zero-order valence-electron chi connectivity index (χ0n) is 36.2. The molecular formula is C44H56B4O8. The number of rotatable bonds is 4. The highest BCUT2D eigenvalue weighted by Gasteiger charge is 2.61. The molecule has 4 aliphatic rings. The van der Waals surface area contributed by atoms with Crippen molar-refractivity contribution < 1.29 is 37.2 Å². The standard InChI is InChI=1S/C44H56B4O8/c1-37(2)38(3,4)50-45(49-37)29-24-23-27-26-21-17-19-25-20-18-22-28(30(25)26)32-31(27)33(29)35(47-53-41(9,10)42(11,12)54-47)36(48-55-43(13,14)44(15,16)56-48)34(32)46-51-39(5,6)40(7,8)52-46/h17-24H,1-16H3. The Bertz CT molecular complexity index is 2380. The lowest BCUT2D eigenvalue weighted by Crippen LogP contribution is -2.63. The van der Waals surface area contributed by atoms with Crippen LogP contribution < -0.4 is 21.9 Å². The Balaban J connectivity index is 1.53. The van der Waals surface area contributed by atoms with Crippen LogP contribution in [0.1, 0.15) is 111 Å². The van der Waals surface area contributed by atoms with E-state index in [1.54, 1.807) is 0 Å². The summed E-state index contributed by atoms with van der Waals surface area (Å²) in [5.41, 5.74) is -1.72. The lowest BCUT2D eigenvalue weighted by atomic mass is 9.53. The topological polar surface area (TPSA) is 73.8 Å². The van der Waals surface area contributed by atoms with Gasteiger partial charge in [0.1, 0.15) is 0 Å². The maximum absolute atomic E-state index is 7.12. The molecule has 4 fully saturated rings. The van der Waals surface area contributed by atoms with Gasteiger partial charge in [0, 0.05) is 0 Å². The maximum Gasteiger partial charge on any atom is 0.495 e. The molecule has 0 atom stereocenters. The van der Waals surface area contributed by atoms with Crippen molar-refractivity contribution in [2.45, 2.75) is 156 Å². The third-order valence-corrected chi connectivity index (χ3v) is 15.0. The highest BCUT2D eigenvalue weighted by atomic mass is 16.7. The minimum atomic E-state index is -0.838. The van der Waals surface area contributed by atoms with Crippen LogP contribution in [0.5, 0.6) is 0 Å². The van der Waals surface area contributed by atoms with E-state index in [4.69, 9.17) is 37.2 Å². The summed E-state index contributed by atoms with van der Waals surface area (Å²) >= 11 is 0. The lowest BCUT2D eigenvalue weighted by molar-refractivity contribution is 0.00578. The molecule has 4 aliphatic heterocycles. The molecule has 12 heteroatoms. The van der Waals surface area contributed by atoms with Crippen LogP contribution in [0.3, 0.4) is 0 Å². The normalized spacial score (nSPS) is 25.6. The van der Waals surface area contributed by atoms with E-state index < -0.39 is 73.3 Å². The monoisotopic (exact) mass is 756 g/mol. The Morgan fingerprint density at radius 3 is 1.07 bits per heavy atom. The van der Waals surface area contributed by atoms with Crippen LogP contribution in [0.25, 0.3) is 43.1 Å². The van der Waals surface area contributed by atoms with Crippen LogP contribution in [-0.2, 0) is 37.2 Å². The fourth-order valence-electron chi connectivity index (χ4n) is 8.79. The van der Waals surface area contributed by atoms with E-state index in [0.29, 0.717) is 0 Å². The summed E-state index contributed by atoms with van der Waals surface area (Å²) in [7, 11) is -3.14. The molecule has 0 bridgehead atoms. The van der Waals surface area contributed by atoms with Gasteiger partial charge in [-0.2, -0.15) is 0 Å². The van der Waals surface area contributed by atoms with Crippen molar-refractivity contribution in [3.05, 3.63) is 48.5 Å². The quantitative estimate of drug-likeness (QED) is 0.111. The van der Waals surface area contributed by atoms with E-state index in [9.17, 15) is 0 Å². The van der Waals surface area contributed by atoms with Crippen LogP contribution in [0, 0.1) is 0 Å². The van der Waals surface area contributed by atoms with E-state index in [0.717, 1.165) is 59.6 Å². The van der Waals surface area contributed by atoms with Gasteiger partial charge in [-0.3, -0.25) is 0 Å². The second-order valence-corrected chi connectivity index (χ2v) is 20.6. The van der Waals surface area contributed by atoms with Gasteiger partial charge in [-0.1, -0.05) is 48.5 Å². The van der Waals surface area contributed by atoms with Gasteiger partial charge in [0.25, 0.3) is 0 Å². The van der Waals surface area contributed by atoms with Gasteiger partial charge in [-0.05, 0) is 176 Å². The summed E-state index contributed by atoms with van der Waals surface area (Å²) in [5.74, 6) is 0. The Morgan fingerprint density at radius 2 is 0.643 bits per heavy atom. The smallest absolute Gasteiger partial charge is 0.399 e. The zero-order chi connectivity index (χ0) is 40.6. The molecular weight excluding hydrogens is 700 g/mol. The van der Waals surface area contributed by atoms with Crippen molar-refractivity contribution in [3.8, 4) is 0 Å². The lowest BCUT2D eigenvalue weighted by Gasteiger charge is -2.32. The summed E-state index contributed by atoms with van der Waals surface area (Å²) in [6.07, 6.45) is 0. The van der Waals surface area contributed by atoms with Crippen molar-refractivity contribution >= 4 is 93.4 Å². The van der Waals surface area contributed by atoms with Crippen LogP contribution in [0.2, 0.25) is 0 Å². The van der Waals surface area contributed by atoms with Gasteiger partial charge in [0.2, 0.25) is 0 Å². The summed E-state index contributed by atoms with van der Waals surface area (Å²) < 4.78 is 56.6. The first-order chi connectivity index (χ1) is 25.7. The molecule has 56 heavy (non-hydrogen) atoms. The molecule has 0 unspecified atom stereocenters. The van der Waals surface area contributed by atoms with E-state index >= 15 is 0 Å². The molecule has 0 radical (unpaired) electrons. The average molecular weight is 756 g/mol. The molecule has 0 aliphatic carbocycles. The SMILES string of the molecule is CC1(C)OB(c2c(B3OC(C)(C)C(C)(C)O3)c3c(B4OC(C)(C)C(C)(C)O4)ccc4c5cccc6cccc(c(c2B2OC(C)(C)C(C)(C)O2)c34)c65)OC1(C)C. The molecule has 5 aromatic carbocycles. The molecule has 8 nitrogen and oxygen atoms in total. The van der Waals surface area contributed by atoms with Crippen LogP contribution >= 0.6 is 0 Å². The summed E-state index contributed by atoms with van der Waals surface area (Å²) in [6, 6.07) is 17.5. The third kappa shape index (κ3) is 5.19. The fourth-order valence-corrected chi connectivity index (χ4v) is 8.79. The minimum absolute atomic E-state index is 0.581. The van der Waals surface area contributed by atoms with Crippen LogP contribution in [0.15, 0.2) is 48.5 Å². The molecule has 0 aromatic heterocycles. The molecule has 4 heterocycles. The van der Waals surface area contributed by atoms with E-state index in [1.807, 2.05) is 0 Å². The highest BCUT2D eigenvalue weighted by Crippen LogP contribution is 2.45. The number of hydrogen-bond acceptors (Lipinski definition) is 8. The van der Waals surface area contributed by atoms with Crippen LogP contribution in [0.4, 0.5) is 0 Å². The largest absolute Gasteiger partial charge is 0.495 e. The van der Waals surface area contributed by atoms with Gasteiger partial charge < -0.3 is 37.2 Å². The first-order valence-electron chi connectivity index (χ1n) is 20.3. The predicted octanol–water partition coefficient (Wildman–Crippen LogP) is 6.93. The average Bonchev–Trinajstić information content (AvgIpc) is 3.62. The minimum Gasteiger partial charge on any atom is -0.399 e. The molecule has 5 aromatic rings. The molecule has 0 amide bonds. The van der Waals surface area contributed by atoms with Crippen molar-refractivity contribution in [2.24, 2.45) is 0 Å². The van der Waals surface area contributed by atoms with E-state index in [-0.39, 0.29) is 0 Å². The molecule has 4 saturated heterocycles. The van der Waals surface area contributed by atoms with E-state index in [1.165, 1.54) is 5.39 Å². The van der Waals surface area contributed by atoms with Crippen molar-refractivity contribution in [3.63, 3.8) is 0 Å². The summed E-state index contributed by atoms with van der Waals surface area (Å²) in [4.78, 5) is 0. The molecule has 9 rings (SSSR count). The Morgan fingerprint density at radius 1 is 0.304 bits per heavy atom. The molecule has 0 saturated carbocycles. The maximum atomic E-state index is 7.12. The fraction of sp³-hybridized carbons (Fsp3) is 0.545. The van der Waals surface area contributed by atoms with E-state index in [2.05, 4.69) is 159 Å². The molecule has 292 valence electrons. The number of benzene rings is 5.